The molecular weight excluding hydrogens is 367 g/mol. The minimum atomic E-state index is -0.0933. The molecule has 0 bridgehead atoms. The number of nitrogens with one attached hydrogen (secondary N) is 2. The Morgan fingerprint density at radius 1 is 1.35 bits per heavy atom. The molecule has 112 valence electrons. The van der Waals surface area contributed by atoms with Crippen molar-refractivity contribution in [2.24, 2.45) is 10.7 Å². The van der Waals surface area contributed by atoms with Crippen LogP contribution >= 0.6 is 24.0 Å². The van der Waals surface area contributed by atoms with E-state index in [9.17, 15) is 4.79 Å². The highest BCUT2D eigenvalue weighted by Gasteiger charge is 2.02. The number of carbonyl (C=O) groups excluding carboxylic acids is 1. The summed E-state index contributed by atoms with van der Waals surface area (Å²) in [7, 11) is 0. The molecule has 0 aromatic heterocycles. The van der Waals surface area contributed by atoms with Crippen LogP contribution in [0.1, 0.15) is 30.6 Å². The van der Waals surface area contributed by atoms with Crippen LogP contribution < -0.4 is 16.4 Å². The fourth-order valence-electron chi connectivity index (χ4n) is 1.44. The van der Waals surface area contributed by atoms with Crippen molar-refractivity contribution < 1.29 is 4.79 Å². The Labute approximate surface area is 137 Å². The number of aliphatic imine (C=N–C) groups is 1. The zero-order chi connectivity index (χ0) is 14.1. The zero-order valence-corrected chi connectivity index (χ0v) is 14.3. The molecule has 20 heavy (non-hydrogen) atoms. The number of benzene rings is 1. The topological polar surface area (TPSA) is 79.5 Å². The Morgan fingerprint density at radius 2 is 2.00 bits per heavy atom. The van der Waals surface area contributed by atoms with Gasteiger partial charge in [0.15, 0.2) is 5.96 Å². The Bertz CT molecular complexity index is 422. The fraction of sp³-hybridized carbons (Fsp3) is 0.429. The average Bonchev–Trinajstić information content (AvgIpc) is 2.44. The first-order valence-electron chi connectivity index (χ1n) is 6.53. The molecule has 0 spiro atoms. The minimum absolute atomic E-state index is 0. The van der Waals surface area contributed by atoms with Crippen LogP contribution in [-0.2, 0) is 0 Å². The van der Waals surface area contributed by atoms with Crippen LogP contribution in [0.25, 0.3) is 0 Å². The second-order valence-corrected chi connectivity index (χ2v) is 4.34. The van der Waals surface area contributed by atoms with Crippen LogP contribution in [0.5, 0.6) is 0 Å². The normalized spacial score (nSPS) is 12.2. The summed E-state index contributed by atoms with van der Waals surface area (Å²) in [5.41, 5.74) is 6.35. The monoisotopic (exact) mass is 390 g/mol. The predicted octanol–water partition coefficient (Wildman–Crippen LogP) is 1.74. The molecule has 1 rings (SSSR count). The summed E-state index contributed by atoms with van der Waals surface area (Å²) in [4.78, 5) is 15.9. The molecule has 0 saturated carbocycles. The summed E-state index contributed by atoms with van der Waals surface area (Å²) in [6.45, 7) is 5.05. The van der Waals surface area contributed by atoms with Crippen LogP contribution in [0.4, 0.5) is 0 Å². The largest absolute Gasteiger partial charge is 0.370 e. The van der Waals surface area contributed by atoms with Crippen molar-refractivity contribution in [1.82, 2.24) is 10.6 Å². The molecule has 4 N–H and O–H groups in total. The van der Waals surface area contributed by atoms with Gasteiger partial charge in [-0.15, -0.1) is 24.0 Å². The molecule has 6 heteroatoms. The van der Waals surface area contributed by atoms with Gasteiger partial charge in [0.1, 0.15) is 0 Å². The SMILES string of the molecule is CCC(C)NC(N)=NCCNC(=O)c1ccccc1.I. The smallest absolute Gasteiger partial charge is 0.251 e. The molecule has 1 atom stereocenters. The second-order valence-electron chi connectivity index (χ2n) is 4.34. The first-order valence-corrected chi connectivity index (χ1v) is 6.53. The lowest BCUT2D eigenvalue weighted by molar-refractivity contribution is 0.0955. The third-order valence-electron chi connectivity index (χ3n) is 2.72. The molecule has 0 saturated heterocycles. The summed E-state index contributed by atoms with van der Waals surface area (Å²) in [5.74, 6) is 0.326. The number of hydrogen-bond donors (Lipinski definition) is 3. The maximum absolute atomic E-state index is 11.7. The minimum Gasteiger partial charge on any atom is -0.370 e. The van der Waals surface area contributed by atoms with Gasteiger partial charge in [0.2, 0.25) is 0 Å². The number of halogens is 1. The highest BCUT2D eigenvalue weighted by Crippen LogP contribution is 1.97. The van der Waals surface area contributed by atoms with Gasteiger partial charge in [0, 0.05) is 18.2 Å². The van der Waals surface area contributed by atoms with E-state index >= 15 is 0 Å². The number of amides is 1. The molecular formula is C14H23IN4O. The maximum atomic E-state index is 11.7. The summed E-state index contributed by atoms with van der Waals surface area (Å²) in [6.07, 6.45) is 0.987. The maximum Gasteiger partial charge on any atom is 0.251 e. The molecule has 0 aliphatic carbocycles. The standard InChI is InChI=1S/C14H22N4O.HI/c1-3-11(2)18-14(15)17-10-9-16-13(19)12-7-5-4-6-8-12;/h4-8,11H,3,9-10H2,1-2H3,(H,16,19)(H3,15,17,18);1H. The van der Waals surface area contributed by atoms with Crippen molar-refractivity contribution in [3.05, 3.63) is 35.9 Å². The third-order valence-corrected chi connectivity index (χ3v) is 2.72. The van der Waals surface area contributed by atoms with Gasteiger partial charge in [-0.05, 0) is 25.5 Å². The molecule has 1 aromatic carbocycles. The van der Waals surface area contributed by atoms with Crippen molar-refractivity contribution in [1.29, 1.82) is 0 Å². The highest BCUT2D eigenvalue weighted by molar-refractivity contribution is 14.0. The Kier molecular flexibility index (Phi) is 9.79. The lowest BCUT2D eigenvalue weighted by Gasteiger charge is -2.11. The number of nitrogens with zero attached hydrogens (tertiary/aromatic N) is 1. The molecule has 0 aliphatic rings. The number of guanidine groups is 1. The van der Waals surface area contributed by atoms with E-state index in [-0.39, 0.29) is 29.9 Å². The quantitative estimate of drug-likeness (QED) is 0.300. The molecule has 0 radical (unpaired) electrons. The first-order chi connectivity index (χ1) is 9.13. The van der Waals surface area contributed by atoms with Crippen LogP contribution in [0.3, 0.4) is 0 Å². The second kappa shape index (κ2) is 10.5. The van der Waals surface area contributed by atoms with E-state index in [0.717, 1.165) is 6.42 Å². The van der Waals surface area contributed by atoms with E-state index in [1.807, 2.05) is 25.1 Å². The lowest BCUT2D eigenvalue weighted by atomic mass is 10.2. The van der Waals surface area contributed by atoms with E-state index < -0.39 is 0 Å². The molecule has 0 aliphatic heterocycles. The molecule has 5 nitrogen and oxygen atoms in total. The summed E-state index contributed by atoms with van der Waals surface area (Å²) >= 11 is 0. The molecule has 1 aromatic rings. The van der Waals surface area contributed by atoms with E-state index in [0.29, 0.717) is 30.7 Å². The van der Waals surface area contributed by atoms with Gasteiger partial charge in [-0.25, -0.2) is 0 Å². The van der Waals surface area contributed by atoms with Gasteiger partial charge in [-0.1, -0.05) is 25.1 Å². The molecule has 1 unspecified atom stereocenters. The van der Waals surface area contributed by atoms with Gasteiger partial charge in [-0.2, -0.15) is 0 Å². The molecule has 1 amide bonds. The number of carbonyl (C=O) groups is 1. The van der Waals surface area contributed by atoms with Crippen LogP contribution in [0, 0.1) is 0 Å². The summed E-state index contributed by atoms with van der Waals surface area (Å²) in [5, 5.41) is 5.86. The van der Waals surface area contributed by atoms with Gasteiger partial charge >= 0.3 is 0 Å². The van der Waals surface area contributed by atoms with E-state index in [1.54, 1.807) is 12.1 Å². The number of nitrogens with two attached hydrogens (primary N) is 1. The number of hydrogen-bond acceptors (Lipinski definition) is 2. The van der Waals surface area contributed by atoms with Crippen LogP contribution in [0.2, 0.25) is 0 Å². The Morgan fingerprint density at radius 3 is 2.60 bits per heavy atom. The van der Waals surface area contributed by atoms with E-state index in [1.165, 1.54) is 0 Å². The number of rotatable bonds is 6. The van der Waals surface area contributed by atoms with Crippen molar-refractivity contribution in [2.75, 3.05) is 13.1 Å². The Hall–Kier alpha value is -1.31. The van der Waals surface area contributed by atoms with E-state index in [4.69, 9.17) is 5.73 Å². The lowest BCUT2D eigenvalue weighted by Crippen LogP contribution is -2.38. The van der Waals surface area contributed by atoms with Gasteiger partial charge in [0.25, 0.3) is 5.91 Å². The predicted molar refractivity (Wildman–Crippen MR) is 93.6 cm³/mol. The zero-order valence-electron chi connectivity index (χ0n) is 11.9. The van der Waals surface area contributed by atoms with Crippen molar-refractivity contribution in [3.63, 3.8) is 0 Å². The highest BCUT2D eigenvalue weighted by atomic mass is 127. The fourth-order valence-corrected chi connectivity index (χ4v) is 1.44. The first kappa shape index (κ1) is 18.7. The molecule has 0 fully saturated rings. The van der Waals surface area contributed by atoms with Crippen molar-refractivity contribution in [2.45, 2.75) is 26.3 Å². The average molecular weight is 390 g/mol. The molecule has 0 heterocycles. The van der Waals surface area contributed by atoms with Crippen LogP contribution in [0.15, 0.2) is 35.3 Å². The van der Waals surface area contributed by atoms with Crippen molar-refractivity contribution >= 4 is 35.8 Å². The van der Waals surface area contributed by atoms with Gasteiger partial charge in [-0.3, -0.25) is 9.79 Å². The summed E-state index contributed by atoms with van der Waals surface area (Å²) < 4.78 is 0. The van der Waals surface area contributed by atoms with Crippen molar-refractivity contribution in [3.8, 4) is 0 Å². The van der Waals surface area contributed by atoms with E-state index in [2.05, 4.69) is 22.5 Å². The van der Waals surface area contributed by atoms with Gasteiger partial charge in [0.05, 0.1) is 6.54 Å². The third kappa shape index (κ3) is 7.32. The Balaban J connectivity index is 0.00000361. The van der Waals surface area contributed by atoms with Gasteiger partial charge < -0.3 is 16.4 Å². The summed E-state index contributed by atoms with van der Waals surface area (Å²) in [6, 6.07) is 9.40. The van der Waals surface area contributed by atoms with Crippen LogP contribution in [-0.4, -0.2) is 31.0 Å².